The summed E-state index contributed by atoms with van der Waals surface area (Å²) in [5.41, 5.74) is -0.246. The predicted molar refractivity (Wildman–Crippen MR) is 58.2 cm³/mol. The van der Waals surface area contributed by atoms with Gasteiger partial charge in [-0.05, 0) is 10.8 Å². The summed E-state index contributed by atoms with van der Waals surface area (Å²) in [6.45, 7) is 13.6. The summed E-state index contributed by atoms with van der Waals surface area (Å²) in [6.07, 6.45) is -0.431. The first-order chi connectivity index (χ1) is 6.43. The molecule has 1 heterocycles. The van der Waals surface area contributed by atoms with Crippen molar-refractivity contribution in [3.63, 3.8) is 0 Å². The van der Waals surface area contributed by atoms with Gasteiger partial charge >= 0.3 is 6.04 Å². The molecule has 0 saturated carbocycles. The van der Waals surface area contributed by atoms with E-state index < -0.39 is 6.04 Å². The van der Waals surface area contributed by atoms with Crippen molar-refractivity contribution in [1.29, 1.82) is 0 Å². The lowest BCUT2D eigenvalue weighted by atomic mass is 9.76. The molecule has 2 nitrogen and oxygen atoms in total. The van der Waals surface area contributed by atoms with Crippen molar-refractivity contribution < 1.29 is 13.9 Å². The highest BCUT2D eigenvalue weighted by molar-refractivity contribution is 4.93. The van der Waals surface area contributed by atoms with E-state index in [0.29, 0.717) is 0 Å². The molecule has 0 bridgehead atoms. The van der Waals surface area contributed by atoms with Crippen molar-refractivity contribution in [1.82, 2.24) is 0 Å². The minimum Gasteiger partial charge on any atom is -0.317 e. The minimum atomic E-state index is -1.95. The summed E-state index contributed by atoms with van der Waals surface area (Å²) in [5.74, 6) is 0. The van der Waals surface area contributed by atoms with Crippen molar-refractivity contribution in [3.05, 3.63) is 0 Å². The molecule has 2 unspecified atom stereocenters. The number of alkyl halides is 1. The highest BCUT2D eigenvalue weighted by Gasteiger charge is 2.53. The topological polar surface area (TPSA) is 18.5 Å². The maximum Gasteiger partial charge on any atom is 0.318 e. The normalized spacial score (nSPS) is 38.4. The predicted octanol–water partition coefficient (Wildman–Crippen LogP) is 3.51. The van der Waals surface area contributed by atoms with Crippen LogP contribution in [0.2, 0.25) is 0 Å². The smallest absolute Gasteiger partial charge is 0.317 e. The molecule has 90 valence electrons. The van der Waals surface area contributed by atoms with Crippen LogP contribution >= 0.6 is 0 Å². The Hall–Kier alpha value is -0.150. The summed E-state index contributed by atoms with van der Waals surface area (Å²) in [5, 5.41) is 0. The monoisotopic (exact) mass is 218 g/mol. The van der Waals surface area contributed by atoms with Crippen molar-refractivity contribution in [2.45, 2.75) is 66.7 Å². The first-order valence-electron chi connectivity index (χ1n) is 5.48. The minimum absolute atomic E-state index is 0.123. The number of hydrogen-bond donors (Lipinski definition) is 0. The average Bonchev–Trinajstić information content (AvgIpc) is 2.23. The third kappa shape index (κ3) is 2.91. The van der Waals surface area contributed by atoms with Gasteiger partial charge in [-0.2, -0.15) is 4.39 Å². The van der Waals surface area contributed by atoms with E-state index >= 15 is 0 Å². The summed E-state index contributed by atoms with van der Waals surface area (Å²) < 4.78 is 24.5. The molecule has 0 aromatic rings. The van der Waals surface area contributed by atoms with E-state index in [1.54, 1.807) is 0 Å². The van der Waals surface area contributed by atoms with Gasteiger partial charge in [-0.25, -0.2) is 0 Å². The van der Waals surface area contributed by atoms with Gasteiger partial charge in [0.1, 0.15) is 0 Å². The summed E-state index contributed by atoms with van der Waals surface area (Å²) in [4.78, 5) is 0. The molecule has 0 aromatic heterocycles. The Bertz CT molecular complexity index is 211. The molecule has 0 spiro atoms. The molecule has 1 aliphatic heterocycles. The van der Waals surface area contributed by atoms with Crippen LogP contribution in [0.3, 0.4) is 0 Å². The van der Waals surface area contributed by atoms with Gasteiger partial charge in [-0.3, -0.25) is 0 Å². The largest absolute Gasteiger partial charge is 0.318 e. The van der Waals surface area contributed by atoms with Crippen LogP contribution in [0.4, 0.5) is 4.39 Å². The molecule has 1 rings (SSSR count). The number of halogens is 1. The first kappa shape index (κ1) is 12.9. The van der Waals surface area contributed by atoms with Crippen LogP contribution in [-0.2, 0) is 9.47 Å². The SMILES string of the molecule is CC1(F)OC(C(C)(C)C)C(C(C)(C)C)O1. The number of ether oxygens (including phenoxy) is 2. The van der Waals surface area contributed by atoms with E-state index in [0.717, 1.165) is 0 Å². The molecule has 1 saturated heterocycles. The lowest BCUT2D eigenvalue weighted by Gasteiger charge is -2.35. The Kier molecular flexibility index (Phi) is 2.95. The van der Waals surface area contributed by atoms with E-state index in [4.69, 9.17) is 9.47 Å². The summed E-state index contributed by atoms with van der Waals surface area (Å²) >= 11 is 0. The summed E-state index contributed by atoms with van der Waals surface area (Å²) in [6, 6.07) is -1.95. The molecule has 1 fully saturated rings. The third-order valence-electron chi connectivity index (χ3n) is 2.66. The fourth-order valence-electron chi connectivity index (χ4n) is 1.87. The van der Waals surface area contributed by atoms with Gasteiger partial charge in [0.2, 0.25) is 0 Å². The Morgan fingerprint density at radius 3 is 1.33 bits per heavy atom. The molecule has 0 radical (unpaired) electrons. The van der Waals surface area contributed by atoms with Crippen LogP contribution in [-0.4, -0.2) is 18.2 Å². The van der Waals surface area contributed by atoms with Crippen LogP contribution in [0, 0.1) is 10.8 Å². The summed E-state index contributed by atoms with van der Waals surface area (Å²) in [7, 11) is 0. The van der Waals surface area contributed by atoms with Crippen LogP contribution in [0.25, 0.3) is 0 Å². The Morgan fingerprint density at radius 2 is 1.13 bits per heavy atom. The van der Waals surface area contributed by atoms with Crippen LogP contribution in [0.15, 0.2) is 0 Å². The lowest BCUT2D eigenvalue weighted by Crippen LogP contribution is -2.42. The zero-order chi connectivity index (χ0) is 12.1. The third-order valence-corrected chi connectivity index (χ3v) is 2.66. The van der Waals surface area contributed by atoms with Crippen molar-refractivity contribution in [2.75, 3.05) is 0 Å². The Morgan fingerprint density at radius 1 is 0.867 bits per heavy atom. The van der Waals surface area contributed by atoms with Gasteiger partial charge in [-0.15, -0.1) is 0 Å². The van der Waals surface area contributed by atoms with E-state index in [-0.39, 0.29) is 23.0 Å². The molecular formula is C12H23FO2. The second-order valence-corrected chi connectivity index (χ2v) is 6.64. The van der Waals surface area contributed by atoms with Crippen molar-refractivity contribution >= 4 is 0 Å². The molecule has 0 aliphatic carbocycles. The van der Waals surface area contributed by atoms with E-state index in [2.05, 4.69) is 0 Å². The number of rotatable bonds is 0. The first-order valence-corrected chi connectivity index (χ1v) is 5.48. The van der Waals surface area contributed by atoms with Gasteiger partial charge in [0.05, 0.1) is 12.2 Å². The average molecular weight is 218 g/mol. The second kappa shape index (κ2) is 3.42. The second-order valence-electron chi connectivity index (χ2n) is 6.64. The molecule has 3 heteroatoms. The molecule has 0 amide bonds. The molecular weight excluding hydrogens is 195 g/mol. The molecule has 1 aliphatic rings. The van der Waals surface area contributed by atoms with Crippen LogP contribution < -0.4 is 0 Å². The van der Waals surface area contributed by atoms with Gasteiger partial charge in [0.25, 0.3) is 0 Å². The molecule has 15 heavy (non-hydrogen) atoms. The van der Waals surface area contributed by atoms with Gasteiger partial charge in [-0.1, -0.05) is 41.5 Å². The molecule has 0 aromatic carbocycles. The van der Waals surface area contributed by atoms with Gasteiger partial charge < -0.3 is 9.47 Å². The zero-order valence-electron chi connectivity index (χ0n) is 10.8. The Labute approximate surface area is 92.1 Å². The lowest BCUT2D eigenvalue weighted by molar-refractivity contribution is -0.261. The van der Waals surface area contributed by atoms with E-state index in [1.807, 2.05) is 41.5 Å². The van der Waals surface area contributed by atoms with Gasteiger partial charge in [0.15, 0.2) is 0 Å². The van der Waals surface area contributed by atoms with Crippen molar-refractivity contribution in [2.24, 2.45) is 10.8 Å². The van der Waals surface area contributed by atoms with Gasteiger partial charge in [0, 0.05) is 6.92 Å². The highest BCUT2D eigenvalue weighted by Crippen LogP contribution is 2.44. The maximum absolute atomic E-state index is 13.7. The number of hydrogen-bond acceptors (Lipinski definition) is 2. The fraction of sp³-hybridized carbons (Fsp3) is 1.00. The standard InChI is InChI=1S/C12H23FO2/c1-10(2,3)8-9(11(4,5)6)15-12(7,13)14-8/h8-9H,1-7H3. The highest BCUT2D eigenvalue weighted by atomic mass is 19.2. The quantitative estimate of drug-likeness (QED) is 0.619. The van der Waals surface area contributed by atoms with E-state index in [1.165, 1.54) is 6.92 Å². The zero-order valence-corrected chi connectivity index (χ0v) is 10.8. The van der Waals surface area contributed by atoms with Crippen LogP contribution in [0.1, 0.15) is 48.5 Å². The van der Waals surface area contributed by atoms with E-state index in [9.17, 15) is 4.39 Å². The molecule has 0 N–H and O–H groups in total. The van der Waals surface area contributed by atoms with Crippen molar-refractivity contribution in [3.8, 4) is 0 Å². The fourth-order valence-corrected chi connectivity index (χ4v) is 1.87. The Balaban J connectivity index is 2.95. The molecule has 2 atom stereocenters. The maximum atomic E-state index is 13.7. The van der Waals surface area contributed by atoms with Crippen LogP contribution in [0.5, 0.6) is 0 Å².